The van der Waals surface area contributed by atoms with E-state index in [1.54, 1.807) is 48.5 Å². The molecule has 1 aliphatic rings. The third kappa shape index (κ3) is 3.74. The van der Waals surface area contributed by atoms with Crippen molar-refractivity contribution < 1.29 is 19.1 Å². The summed E-state index contributed by atoms with van der Waals surface area (Å²) in [5.41, 5.74) is 1.26. The molecule has 0 aliphatic carbocycles. The molecule has 0 radical (unpaired) electrons. The molecular formula is C23H19NO4. The molecule has 3 aromatic rings. The van der Waals surface area contributed by atoms with Crippen LogP contribution in [0.5, 0.6) is 11.5 Å². The van der Waals surface area contributed by atoms with E-state index in [1.165, 1.54) is 0 Å². The van der Waals surface area contributed by atoms with Gasteiger partial charge in [-0.05, 0) is 18.2 Å². The minimum Gasteiger partial charge on any atom is -0.486 e. The molecule has 0 bridgehead atoms. The molecule has 28 heavy (non-hydrogen) atoms. The van der Waals surface area contributed by atoms with Crippen molar-refractivity contribution >= 4 is 11.7 Å². The third-order valence-electron chi connectivity index (χ3n) is 4.51. The Bertz CT molecular complexity index is 1000. The summed E-state index contributed by atoms with van der Waals surface area (Å²) >= 11 is 0. The van der Waals surface area contributed by atoms with Crippen molar-refractivity contribution in [3.63, 3.8) is 0 Å². The fraction of sp³-hybridized carbons (Fsp3) is 0.130. The zero-order valence-electron chi connectivity index (χ0n) is 15.1. The topological polar surface area (TPSA) is 64.6 Å². The average molecular weight is 373 g/mol. The van der Waals surface area contributed by atoms with Crippen LogP contribution in [0.25, 0.3) is 0 Å². The quantitative estimate of drug-likeness (QED) is 0.696. The number of hydrogen-bond acceptors (Lipinski definition) is 4. The predicted molar refractivity (Wildman–Crippen MR) is 105 cm³/mol. The molecule has 1 aliphatic heterocycles. The number of ketones is 1. The lowest BCUT2D eigenvalue weighted by Crippen LogP contribution is -2.41. The third-order valence-corrected chi connectivity index (χ3v) is 4.51. The molecule has 140 valence electrons. The van der Waals surface area contributed by atoms with Crippen molar-refractivity contribution in [1.29, 1.82) is 0 Å². The number of hydrogen-bond donors (Lipinski definition) is 1. The number of carbonyl (C=O) groups is 2. The van der Waals surface area contributed by atoms with Crippen molar-refractivity contribution in [3.05, 3.63) is 95.6 Å². The maximum Gasteiger partial charge on any atom is 0.252 e. The summed E-state index contributed by atoms with van der Waals surface area (Å²) in [6.07, 6.45) is -0.296. The lowest BCUT2D eigenvalue weighted by molar-refractivity contribution is 0.0787. The molecule has 0 saturated heterocycles. The van der Waals surface area contributed by atoms with Gasteiger partial charge >= 0.3 is 0 Å². The number of para-hydroxylation sites is 2. The van der Waals surface area contributed by atoms with E-state index in [2.05, 4.69) is 5.32 Å². The van der Waals surface area contributed by atoms with E-state index in [9.17, 15) is 9.59 Å². The van der Waals surface area contributed by atoms with Crippen LogP contribution in [-0.2, 0) is 0 Å². The second kappa shape index (κ2) is 7.96. The maximum absolute atomic E-state index is 12.8. The van der Waals surface area contributed by atoms with Gasteiger partial charge in [-0.2, -0.15) is 0 Å². The minimum atomic E-state index is -0.317. The van der Waals surface area contributed by atoms with Crippen LogP contribution in [0.1, 0.15) is 26.3 Å². The minimum absolute atomic E-state index is 0.183. The Morgan fingerprint density at radius 1 is 0.821 bits per heavy atom. The highest BCUT2D eigenvalue weighted by Gasteiger charge is 2.23. The van der Waals surface area contributed by atoms with Gasteiger partial charge in [0.2, 0.25) is 0 Å². The van der Waals surface area contributed by atoms with E-state index in [4.69, 9.17) is 9.47 Å². The fourth-order valence-corrected chi connectivity index (χ4v) is 3.09. The lowest BCUT2D eigenvalue weighted by Gasteiger charge is -2.26. The Hall–Kier alpha value is -3.60. The van der Waals surface area contributed by atoms with Crippen molar-refractivity contribution in [2.45, 2.75) is 6.10 Å². The summed E-state index contributed by atoms with van der Waals surface area (Å²) in [5.74, 6) is 0.858. The number of ether oxygens (including phenoxy) is 2. The van der Waals surface area contributed by atoms with Gasteiger partial charge in [-0.25, -0.2) is 0 Å². The van der Waals surface area contributed by atoms with E-state index in [0.717, 1.165) is 0 Å². The van der Waals surface area contributed by atoms with Gasteiger partial charge in [0.1, 0.15) is 12.7 Å². The van der Waals surface area contributed by atoms with Gasteiger partial charge < -0.3 is 14.8 Å². The van der Waals surface area contributed by atoms with E-state index in [-0.39, 0.29) is 24.3 Å². The maximum atomic E-state index is 12.8. The average Bonchev–Trinajstić information content (AvgIpc) is 2.77. The van der Waals surface area contributed by atoms with Gasteiger partial charge in [0.05, 0.1) is 12.1 Å². The van der Waals surface area contributed by atoms with Gasteiger partial charge in [0, 0.05) is 11.1 Å². The summed E-state index contributed by atoms with van der Waals surface area (Å²) in [6, 6.07) is 23.2. The summed E-state index contributed by atoms with van der Waals surface area (Å²) in [4.78, 5) is 25.5. The van der Waals surface area contributed by atoms with Crippen LogP contribution in [0.15, 0.2) is 78.9 Å². The molecule has 5 nitrogen and oxygen atoms in total. The molecule has 0 unspecified atom stereocenters. The SMILES string of the molecule is O=C(NC[C@H]1COc2ccccc2O1)c1ccccc1C(=O)c1ccccc1. The van der Waals surface area contributed by atoms with Gasteiger partial charge in [-0.1, -0.05) is 60.7 Å². The highest BCUT2D eigenvalue weighted by molar-refractivity contribution is 6.15. The zero-order valence-corrected chi connectivity index (χ0v) is 15.1. The van der Waals surface area contributed by atoms with Crippen LogP contribution in [0.4, 0.5) is 0 Å². The Kier molecular flexibility index (Phi) is 5.06. The van der Waals surface area contributed by atoms with E-state index in [1.807, 2.05) is 30.3 Å². The highest BCUT2D eigenvalue weighted by Crippen LogP contribution is 2.30. The molecule has 1 heterocycles. The smallest absolute Gasteiger partial charge is 0.252 e. The van der Waals surface area contributed by atoms with Crippen LogP contribution in [0.2, 0.25) is 0 Å². The Morgan fingerprint density at radius 2 is 1.46 bits per heavy atom. The Balaban J connectivity index is 1.45. The van der Waals surface area contributed by atoms with E-state index >= 15 is 0 Å². The van der Waals surface area contributed by atoms with Crippen LogP contribution in [-0.4, -0.2) is 30.9 Å². The van der Waals surface area contributed by atoms with Crippen molar-refractivity contribution in [3.8, 4) is 11.5 Å². The Morgan fingerprint density at radius 3 is 2.25 bits per heavy atom. The van der Waals surface area contributed by atoms with Crippen molar-refractivity contribution in [2.75, 3.05) is 13.2 Å². The molecule has 4 rings (SSSR count). The number of rotatable bonds is 5. The summed E-state index contributed by atoms with van der Waals surface area (Å²) in [6.45, 7) is 0.628. The number of amides is 1. The molecule has 1 atom stereocenters. The summed E-state index contributed by atoms with van der Waals surface area (Å²) in [5, 5.41) is 2.85. The molecule has 1 N–H and O–H groups in total. The van der Waals surface area contributed by atoms with Gasteiger partial charge in [-0.15, -0.1) is 0 Å². The molecular weight excluding hydrogens is 354 g/mol. The number of carbonyl (C=O) groups excluding carboxylic acids is 2. The van der Waals surface area contributed by atoms with Crippen molar-refractivity contribution in [2.24, 2.45) is 0 Å². The molecule has 0 spiro atoms. The normalized spacial score (nSPS) is 14.9. The lowest BCUT2D eigenvalue weighted by atomic mass is 9.98. The van der Waals surface area contributed by atoms with Crippen molar-refractivity contribution in [1.82, 2.24) is 5.32 Å². The zero-order chi connectivity index (χ0) is 19.3. The predicted octanol–water partition coefficient (Wildman–Crippen LogP) is 3.49. The molecule has 0 fully saturated rings. The van der Waals surface area contributed by atoms with Crippen LogP contribution in [0.3, 0.4) is 0 Å². The first kappa shape index (κ1) is 17.8. The molecule has 0 aromatic heterocycles. The van der Waals surface area contributed by atoms with Crippen LogP contribution in [0, 0.1) is 0 Å². The first-order valence-electron chi connectivity index (χ1n) is 9.08. The Labute approximate surface area is 162 Å². The van der Waals surface area contributed by atoms with Gasteiger partial charge in [0.15, 0.2) is 17.3 Å². The number of fused-ring (bicyclic) bond motifs is 1. The number of benzene rings is 3. The summed E-state index contributed by atoms with van der Waals surface area (Å²) in [7, 11) is 0. The molecule has 3 aromatic carbocycles. The van der Waals surface area contributed by atoms with Crippen LogP contribution >= 0.6 is 0 Å². The van der Waals surface area contributed by atoms with Gasteiger partial charge in [0.25, 0.3) is 5.91 Å². The second-order valence-corrected chi connectivity index (χ2v) is 6.45. The largest absolute Gasteiger partial charge is 0.486 e. The first-order valence-corrected chi connectivity index (χ1v) is 9.08. The molecule has 1 amide bonds. The highest BCUT2D eigenvalue weighted by atomic mass is 16.6. The van der Waals surface area contributed by atoms with Crippen LogP contribution < -0.4 is 14.8 Å². The van der Waals surface area contributed by atoms with E-state index < -0.39 is 0 Å². The van der Waals surface area contributed by atoms with Gasteiger partial charge in [-0.3, -0.25) is 9.59 Å². The standard InChI is InChI=1S/C23H19NO4/c25-22(16-8-2-1-3-9-16)18-10-4-5-11-19(18)23(26)24-14-17-15-27-20-12-6-7-13-21(20)28-17/h1-13,17H,14-15H2,(H,24,26)/t17-/m0/s1. The monoisotopic (exact) mass is 373 g/mol. The first-order chi connectivity index (χ1) is 13.7. The molecule has 0 saturated carbocycles. The fourth-order valence-electron chi connectivity index (χ4n) is 3.09. The number of nitrogens with one attached hydrogen (secondary N) is 1. The van der Waals surface area contributed by atoms with E-state index in [0.29, 0.717) is 34.8 Å². The second-order valence-electron chi connectivity index (χ2n) is 6.45. The summed E-state index contributed by atoms with van der Waals surface area (Å²) < 4.78 is 11.5. The molecule has 5 heteroatoms.